The Balaban J connectivity index is 1.49. The number of thioether (sulfide) groups is 1. The molecular formula is C32H36ClF2N5O2S. The second-order valence-electron chi connectivity index (χ2n) is 11.8. The van der Waals surface area contributed by atoms with Crippen molar-refractivity contribution < 1.29 is 13.6 Å². The van der Waals surface area contributed by atoms with E-state index < -0.39 is 11.6 Å². The number of aromatic nitrogens is 2. The standard InChI is InChI=1S/C32H36ClF2N5O2S/c1-4-27(41)38-12-13-39(19(3)17-38)31-24-16-25(33)28(23-7-6-21(34)15-26(23)35)30-29(24)40(32(42)36-31)22(18-43-30)14-20-8-10-37(5-2)11-9-20/h4,6-7,15-16,19-20,22H,1,5,8-14,17-18H2,2-3H3/t19-,22-/m0/s1. The van der Waals surface area contributed by atoms with Crippen molar-refractivity contribution in [2.24, 2.45) is 5.92 Å². The van der Waals surface area contributed by atoms with E-state index in [2.05, 4.69) is 28.3 Å². The molecule has 0 bridgehead atoms. The van der Waals surface area contributed by atoms with Crippen LogP contribution in [0.5, 0.6) is 0 Å². The van der Waals surface area contributed by atoms with Gasteiger partial charge in [0, 0.05) is 64.9 Å². The Kier molecular flexibility index (Phi) is 8.54. The molecule has 0 saturated carbocycles. The lowest BCUT2D eigenvalue weighted by molar-refractivity contribution is -0.126. The molecule has 2 saturated heterocycles. The summed E-state index contributed by atoms with van der Waals surface area (Å²) >= 11 is 8.50. The lowest BCUT2D eigenvalue weighted by atomic mass is 9.90. The van der Waals surface area contributed by atoms with E-state index in [1.807, 2.05) is 6.92 Å². The summed E-state index contributed by atoms with van der Waals surface area (Å²) in [6.45, 7) is 12.4. The third kappa shape index (κ3) is 5.58. The van der Waals surface area contributed by atoms with Crippen LogP contribution in [-0.2, 0) is 4.79 Å². The predicted octanol–water partition coefficient (Wildman–Crippen LogP) is 5.99. The maximum absolute atomic E-state index is 15.2. The lowest BCUT2D eigenvalue weighted by Gasteiger charge is -2.41. The first kappa shape index (κ1) is 30.1. The second kappa shape index (κ2) is 12.2. The first-order valence-corrected chi connectivity index (χ1v) is 16.3. The van der Waals surface area contributed by atoms with Crippen molar-refractivity contribution in [1.29, 1.82) is 0 Å². The van der Waals surface area contributed by atoms with Crippen LogP contribution in [0.1, 0.15) is 39.2 Å². The fourth-order valence-corrected chi connectivity index (χ4v) is 8.63. The Labute approximate surface area is 259 Å². The van der Waals surface area contributed by atoms with Gasteiger partial charge in [0.1, 0.15) is 17.5 Å². The number of benzene rings is 2. The minimum absolute atomic E-state index is 0.0706. The van der Waals surface area contributed by atoms with Crippen LogP contribution in [0.2, 0.25) is 5.02 Å². The summed E-state index contributed by atoms with van der Waals surface area (Å²) in [4.78, 5) is 37.9. The summed E-state index contributed by atoms with van der Waals surface area (Å²) in [5.74, 6) is 0.137. The number of piperidine rings is 1. The summed E-state index contributed by atoms with van der Waals surface area (Å²) in [7, 11) is 0. The Morgan fingerprint density at radius 1 is 1.19 bits per heavy atom. The van der Waals surface area contributed by atoms with Crippen LogP contribution < -0.4 is 10.6 Å². The summed E-state index contributed by atoms with van der Waals surface area (Å²) in [5.41, 5.74) is 1.02. The molecule has 0 aliphatic carbocycles. The first-order chi connectivity index (χ1) is 20.7. The molecule has 1 amide bonds. The van der Waals surface area contributed by atoms with Crippen LogP contribution in [0.3, 0.4) is 0 Å². The smallest absolute Gasteiger partial charge is 0.350 e. The van der Waals surface area contributed by atoms with Gasteiger partial charge in [0.25, 0.3) is 0 Å². The predicted molar refractivity (Wildman–Crippen MR) is 169 cm³/mol. The quantitative estimate of drug-likeness (QED) is 0.313. The topological polar surface area (TPSA) is 61.7 Å². The van der Waals surface area contributed by atoms with Crippen molar-refractivity contribution in [2.45, 2.75) is 50.1 Å². The first-order valence-electron chi connectivity index (χ1n) is 15.0. The highest BCUT2D eigenvalue weighted by Gasteiger charge is 2.35. The number of hydrogen-bond acceptors (Lipinski definition) is 6. The minimum Gasteiger partial charge on any atom is -0.350 e. The van der Waals surface area contributed by atoms with E-state index in [9.17, 15) is 14.0 Å². The van der Waals surface area contributed by atoms with Crippen molar-refractivity contribution in [2.75, 3.05) is 49.9 Å². The highest BCUT2D eigenvalue weighted by Crippen LogP contribution is 2.49. The number of rotatable bonds is 6. The fourth-order valence-electron chi connectivity index (χ4n) is 6.92. The average molecular weight is 628 g/mol. The highest BCUT2D eigenvalue weighted by atomic mass is 35.5. The van der Waals surface area contributed by atoms with Crippen LogP contribution in [0.15, 0.2) is 46.6 Å². The molecule has 0 spiro atoms. The number of halogens is 3. The highest BCUT2D eigenvalue weighted by molar-refractivity contribution is 7.99. The molecule has 1 aromatic heterocycles. The van der Waals surface area contributed by atoms with E-state index in [0.29, 0.717) is 58.1 Å². The molecule has 4 heterocycles. The largest absolute Gasteiger partial charge is 0.350 e. The van der Waals surface area contributed by atoms with Gasteiger partial charge < -0.3 is 14.7 Å². The monoisotopic (exact) mass is 627 g/mol. The van der Waals surface area contributed by atoms with Crippen LogP contribution in [-0.4, -0.2) is 76.3 Å². The van der Waals surface area contributed by atoms with Gasteiger partial charge in [0.05, 0.1) is 10.5 Å². The number of anilines is 1. The molecule has 3 aliphatic rings. The molecule has 0 unspecified atom stereocenters. The third-order valence-electron chi connectivity index (χ3n) is 9.23. The van der Waals surface area contributed by atoms with Crippen LogP contribution >= 0.6 is 23.4 Å². The zero-order valence-corrected chi connectivity index (χ0v) is 26.1. The van der Waals surface area contributed by atoms with E-state index in [1.165, 1.54) is 18.2 Å². The van der Waals surface area contributed by atoms with Crippen LogP contribution in [0.4, 0.5) is 14.6 Å². The number of likely N-dealkylation sites (tertiary alicyclic amines) is 1. The molecule has 0 radical (unpaired) electrons. The van der Waals surface area contributed by atoms with E-state index in [4.69, 9.17) is 11.6 Å². The Hall–Kier alpha value is -2.95. The minimum atomic E-state index is -0.706. The number of piperazine rings is 1. The Morgan fingerprint density at radius 2 is 1.95 bits per heavy atom. The molecular weight excluding hydrogens is 592 g/mol. The second-order valence-corrected chi connectivity index (χ2v) is 13.2. The average Bonchev–Trinajstić information content (AvgIpc) is 3.00. The van der Waals surface area contributed by atoms with E-state index in [1.54, 1.807) is 27.3 Å². The Bertz CT molecular complexity index is 1640. The summed E-state index contributed by atoms with van der Waals surface area (Å²) in [6.07, 6.45) is 4.35. The molecule has 3 aromatic rings. The normalized spacial score (nSPS) is 21.4. The van der Waals surface area contributed by atoms with Crippen LogP contribution in [0.25, 0.3) is 22.0 Å². The van der Waals surface area contributed by atoms with Crippen molar-refractivity contribution >= 4 is 46.0 Å². The van der Waals surface area contributed by atoms with E-state index in [0.717, 1.165) is 50.3 Å². The van der Waals surface area contributed by atoms with Gasteiger partial charge >= 0.3 is 5.69 Å². The van der Waals surface area contributed by atoms with Gasteiger partial charge in [0.15, 0.2) is 0 Å². The van der Waals surface area contributed by atoms with Gasteiger partial charge in [-0.05, 0) is 76.0 Å². The van der Waals surface area contributed by atoms with E-state index in [-0.39, 0.29) is 29.2 Å². The molecule has 6 rings (SSSR count). The van der Waals surface area contributed by atoms with Gasteiger partial charge in [-0.1, -0.05) is 25.1 Å². The lowest BCUT2D eigenvalue weighted by Crippen LogP contribution is -2.54. The summed E-state index contributed by atoms with van der Waals surface area (Å²) in [5, 5.41) is 1.03. The Morgan fingerprint density at radius 3 is 2.63 bits per heavy atom. The molecule has 2 atom stereocenters. The van der Waals surface area contributed by atoms with Crippen LogP contribution in [0, 0.1) is 17.6 Å². The number of carbonyl (C=O) groups excluding carboxylic acids is 1. The molecule has 2 fully saturated rings. The number of carbonyl (C=O) groups is 1. The molecule has 43 heavy (non-hydrogen) atoms. The number of amides is 1. The fraction of sp³-hybridized carbons (Fsp3) is 0.469. The number of hydrogen-bond donors (Lipinski definition) is 0. The molecule has 0 N–H and O–H groups in total. The summed E-state index contributed by atoms with van der Waals surface area (Å²) in [6, 6.07) is 5.08. The van der Waals surface area contributed by atoms with Gasteiger partial charge in [-0.15, -0.1) is 11.8 Å². The number of nitrogens with zero attached hydrogens (tertiary/aromatic N) is 5. The third-order valence-corrected chi connectivity index (χ3v) is 10.8. The van der Waals surface area contributed by atoms with Crippen molar-refractivity contribution in [3.63, 3.8) is 0 Å². The summed E-state index contributed by atoms with van der Waals surface area (Å²) < 4.78 is 30.9. The van der Waals surface area contributed by atoms with Crippen molar-refractivity contribution in [3.05, 3.63) is 64.1 Å². The molecule has 2 aromatic carbocycles. The molecule has 7 nitrogen and oxygen atoms in total. The van der Waals surface area contributed by atoms with E-state index >= 15 is 4.39 Å². The maximum atomic E-state index is 15.2. The van der Waals surface area contributed by atoms with Gasteiger partial charge in [-0.2, -0.15) is 4.98 Å². The maximum Gasteiger partial charge on any atom is 0.350 e. The zero-order valence-electron chi connectivity index (χ0n) is 24.5. The van der Waals surface area contributed by atoms with Crippen molar-refractivity contribution in [1.82, 2.24) is 19.4 Å². The SMILES string of the molecule is C=CC(=O)N1CCN(c2nc(=O)n3c4c(c(-c5ccc(F)cc5F)c(Cl)cc24)SC[C@@H]3CC2CCN(CC)CC2)[C@@H](C)C1. The zero-order chi connectivity index (χ0) is 30.4. The van der Waals surface area contributed by atoms with Gasteiger partial charge in [-0.3, -0.25) is 9.36 Å². The van der Waals surface area contributed by atoms with Gasteiger partial charge in [0.2, 0.25) is 5.91 Å². The van der Waals surface area contributed by atoms with Gasteiger partial charge in [-0.25, -0.2) is 13.6 Å². The van der Waals surface area contributed by atoms with Crippen molar-refractivity contribution in [3.8, 4) is 11.1 Å². The molecule has 11 heteroatoms. The molecule has 3 aliphatic heterocycles. The molecule has 228 valence electrons.